The van der Waals surface area contributed by atoms with Gasteiger partial charge in [-0.3, -0.25) is 0 Å². The van der Waals surface area contributed by atoms with Crippen molar-refractivity contribution in [2.24, 2.45) is 5.73 Å². The Labute approximate surface area is 131 Å². The molecule has 0 spiro atoms. The molecule has 2 atom stereocenters. The number of hydrogen-bond donors (Lipinski definition) is 2. The lowest BCUT2D eigenvalue weighted by Gasteiger charge is -2.28. The molecule has 1 aliphatic rings. The lowest BCUT2D eigenvalue weighted by atomic mass is 10.1. The molecule has 3 heteroatoms. The van der Waals surface area contributed by atoms with Crippen molar-refractivity contribution in [2.45, 2.75) is 90.4 Å². The van der Waals surface area contributed by atoms with Crippen molar-refractivity contribution in [3.63, 3.8) is 0 Å². The van der Waals surface area contributed by atoms with Gasteiger partial charge in [0.25, 0.3) is 0 Å². The van der Waals surface area contributed by atoms with Crippen LogP contribution in [-0.4, -0.2) is 17.2 Å². The van der Waals surface area contributed by atoms with Crippen molar-refractivity contribution < 1.29 is 0 Å². The minimum absolute atomic E-state index is 0.100. The van der Waals surface area contributed by atoms with E-state index in [2.05, 4.69) is 35.5 Å². The average Bonchev–Trinajstić information content (AvgIpc) is 2.93. The molecule has 0 aromatic carbocycles. The predicted octanol–water partition coefficient (Wildman–Crippen LogP) is 4.47. The molecule has 0 aromatic heterocycles. The van der Waals surface area contributed by atoms with E-state index in [4.69, 9.17) is 5.73 Å². The molecular formula is C18H35N3. The van der Waals surface area contributed by atoms with Crippen molar-refractivity contribution in [1.29, 1.82) is 0 Å². The summed E-state index contributed by atoms with van der Waals surface area (Å²) in [6.07, 6.45) is 22.4. The third kappa shape index (κ3) is 8.15. The zero-order valence-corrected chi connectivity index (χ0v) is 14.1. The van der Waals surface area contributed by atoms with Crippen LogP contribution >= 0.6 is 0 Å². The van der Waals surface area contributed by atoms with Gasteiger partial charge in [0.15, 0.2) is 0 Å². The molecule has 2 unspecified atom stereocenters. The number of allylic oxidation sites excluding steroid dienone is 2. The van der Waals surface area contributed by atoms with Crippen LogP contribution in [0.5, 0.6) is 0 Å². The Morgan fingerprint density at radius 3 is 2.43 bits per heavy atom. The van der Waals surface area contributed by atoms with Gasteiger partial charge in [-0.05, 0) is 39.0 Å². The Hall–Kier alpha value is -0.960. The standard InChI is InChI=1S/C18H35N3/c1-3-4-5-6-7-8-9-10-11-12-13-14-18-20-15-16-21(18)17(2)19/h4-5,15-18,20H,3,6-14,19H2,1-2H3/b5-4+. The third-order valence-corrected chi connectivity index (χ3v) is 4.12. The van der Waals surface area contributed by atoms with E-state index in [9.17, 15) is 0 Å². The van der Waals surface area contributed by atoms with Gasteiger partial charge in [-0.15, -0.1) is 0 Å². The van der Waals surface area contributed by atoms with E-state index < -0.39 is 0 Å². The summed E-state index contributed by atoms with van der Waals surface area (Å²) >= 11 is 0. The maximum atomic E-state index is 5.95. The molecule has 0 aromatic rings. The van der Waals surface area contributed by atoms with Crippen LogP contribution in [0.4, 0.5) is 0 Å². The minimum Gasteiger partial charge on any atom is -0.370 e. The fourth-order valence-corrected chi connectivity index (χ4v) is 2.85. The molecule has 0 radical (unpaired) electrons. The molecule has 1 aliphatic heterocycles. The van der Waals surface area contributed by atoms with Crippen LogP contribution in [0.3, 0.4) is 0 Å². The van der Waals surface area contributed by atoms with E-state index in [0.717, 1.165) is 0 Å². The van der Waals surface area contributed by atoms with Gasteiger partial charge >= 0.3 is 0 Å². The van der Waals surface area contributed by atoms with Crippen molar-refractivity contribution >= 4 is 0 Å². The van der Waals surface area contributed by atoms with Crippen LogP contribution in [0.15, 0.2) is 24.6 Å². The van der Waals surface area contributed by atoms with E-state index in [1.165, 1.54) is 64.2 Å². The average molecular weight is 293 g/mol. The van der Waals surface area contributed by atoms with Gasteiger partial charge in [-0.1, -0.05) is 51.2 Å². The van der Waals surface area contributed by atoms with E-state index in [1.807, 2.05) is 13.1 Å². The first kappa shape index (κ1) is 18.1. The normalized spacial score (nSPS) is 19.4. The van der Waals surface area contributed by atoms with Crippen LogP contribution in [0, 0.1) is 0 Å². The minimum atomic E-state index is 0.100. The highest BCUT2D eigenvalue weighted by Crippen LogP contribution is 2.15. The molecule has 0 saturated heterocycles. The highest BCUT2D eigenvalue weighted by atomic mass is 15.3. The SMILES string of the molecule is CC/C=C/CCCCCCCCCC1NC=CN1C(C)N. The highest BCUT2D eigenvalue weighted by molar-refractivity contribution is 4.95. The summed E-state index contributed by atoms with van der Waals surface area (Å²) in [5.41, 5.74) is 5.95. The van der Waals surface area contributed by atoms with Crippen LogP contribution in [0.2, 0.25) is 0 Å². The fraction of sp³-hybridized carbons (Fsp3) is 0.778. The summed E-state index contributed by atoms with van der Waals surface area (Å²) in [6, 6.07) is 0. The van der Waals surface area contributed by atoms with Gasteiger partial charge < -0.3 is 16.0 Å². The second kappa shape index (κ2) is 11.7. The quantitative estimate of drug-likeness (QED) is 0.412. The molecule has 3 nitrogen and oxygen atoms in total. The first-order valence-electron chi connectivity index (χ1n) is 8.86. The molecule has 0 saturated carbocycles. The first-order chi connectivity index (χ1) is 10.3. The summed E-state index contributed by atoms with van der Waals surface area (Å²) in [7, 11) is 0. The fourth-order valence-electron chi connectivity index (χ4n) is 2.85. The lowest BCUT2D eigenvalue weighted by Crippen LogP contribution is -2.44. The largest absolute Gasteiger partial charge is 0.370 e. The van der Waals surface area contributed by atoms with E-state index in [0.29, 0.717) is 6.17 Å². The van der Waals surface area contributed by atoms with Crippen molar-refractivity contribution in [1.82, 2.24) is 10.2 Å². The Bertz CT molecular complexity index is 297. The molecular weight excluding hydrogens is 258 g/mol. The van der Waals surface area contributed by atoms with Gasteiger partial charge in [0.05, 0.1) is 12.3 Å². The molecule has 21 heavy (non-hydrogen) atoms. The number of hydrogen-bond acceptors (Lipinski definition) is 3. The first-order valence-corrected chi connectivity index (χ1v) is 8.86. The molecule has 122 valence electrons. The maximum Gasteiger partial charge on any atom is 0.0995 e. The smallest absolute Gasteiger partial charge is 0.0995 e. The van der Waals surface area contributed by atoms with Gasteiger partial charge in [0.1, 0.15) is 0 Å². The second-order valence-corrected chi connectivity index (χ2v) is 6.12. The molecule has 0 fully saturated rings. The third-order valence-electron chi connectivity index (χ3n) is 4.12. The summed E-state index contributed by atoms with van der Waals surface area (Å²) < 4.78 is 0. The van der Waals surface area contributed by atoms with Crippen LogP contribution in [0.1, 0.15) is 78.1 Å². The van der Waals surface area contributed by atoms with Crippen molar-refractivity contribution in [2.75, 3.05) is 0 Å². The lowest BCUT2D eigenvalue weighted by molar-refractivity contribution is 0.208. The van der Waals surface area contributed by atoms with Crippen LogP contribution in [-0.2, 0) is 0 Å². The highest BCUT2D eigenvalue weighted by Gasteiger charge is 2.20. The second-order valence-electron chi connectivity index (χ2n) is 6.12. The van der Waals surface area contributed by atoms with Gasteiger partial charge in [0.2, 0.25) is 0 Å². The number of rotatable bonds is 12. The maximum absolute atomic E-state index is 5.95. The van der Waals surface area contributed by atoms with E-state index >= 15 is 0 Å². The number of nitrogens with zero attached hydrogens (tertiary/aromatic N) is 1. The Morgan fingerprint density at radius 2 is 1.76 bits per heavy atom. The summed E-state index contributed by atoms with van der Waals surface area (Å²) in [5.74, 6) is 0. The van der Waals surface area contributed by atoms with Crippen molar-refractivity contribution in [3.8, 4) is 0 Å². The molecule has 0 amide bonds. The van der Waals surface area contributed by atoms with E-state index in [-0.39, 0.29) is 6.17 Å². The molecule has 0 aliphatic carbocycles. The Balaban J connectivity index is 1.88. The summed E-state index contributed by atoms with van der Waals surface area (Å²) in [6.45, 7) is 4.24. The number of nitrogens with two attached hydrogens (primary N) is 1. The van der Waals surface area contributed by atoms with Crippen molar-refractivity contribution in [3.05, 3.63) is 24.6 Å². The Morgan fingerprint density at radius 1 is 1.10 bits per heavy atom. The van der Waals surface area contributed by atoms with Crippen LogP contribution < -0.4 is 11.1 Å². The molecule has 3 N–H and O–H groups in total. The molecule has 1 heterocycles. The monoisotopic (exact) mass is 293 g/mol. The number of nitrogens with one attached hydrogen (secondary N) is 1. The van der Waals surface area contributed by atoms with Gasteiger partial charge in [0, 0.05) is 12.4 Å². The predicted molar refractivity (Wildman–Crippen MR) is 92.5 cm³/mol. The zero-order chi connectivity index (χ0) is 15.3. The number of unbranched alkanes of at least 4 members (excludes halogenated alkanes) is 7. The topological polar surface area (TPSA) is 41.3 Å². The summed E-state index contributed by atoms with van der Waals surface area (Å²) in [4.78, 5) is 2.21. The van der Waals surface area contributed by atoms with Gasteiger partial charge in [-0.2, -0.15) is 0 Å². The van der Waals surface area contributed by atoms with Crippen LogP contribution in [0.25, 0.3) is 0 Å². The summed E-state index contributed by atoms with van der Waals surface area (Å²) in [5, 5.41) is 3.38. The Kier molecular flexibility index (Phi) is 10.1. The molecule has 1 rings (SSSR count). The zero-order valence-electron chi connectivity index (χ0n) is 14.1. The molecule has 0 bridgehead atoms. The van der Waals surface area contributed by atoms with Gasteiger partial charge in [-0.25, -0.2) is 0 Å². The van der Waals surface area contributed by atoms with E-state index in [1.54, 1.807) is 0 Å².